The first kappa shape index (κ1) is 19.9. The number of ether oxygens (including phenoxy) is 1. The Morgan fingerprint density at radius 2 is 1.85 bits per heavy atom. The second kappa shape index (κ2) is 8.89. The molecule has 1 saturated heterocycles. The molecule has 1 aromatic rings. The third kappa shape index (κ3) is 4.90. The first-order chi connectivity index (χ1) is 13.0. The summed E-state index contributed by atoms with van der Waals surface area (Å²) in [5.41, 5.74) is 0.660. The molecule has 0 radical (unpaired) electrons. The van der Waals surface area contributed by atoms with Crippen molar-refractivity contribution < 1.29 is 17.9 Å². The van der Waals surface area contributed by atoms with Gasteiger partial charge in [-0.1, -0.05) is 25.3 Å². The highest BCUT2D eigenvalue weighted by Gasteiger charge is 2.29. The number of rotatable bonds is 6. The van der Waals surface area contributed by atoms with E-state index in [1.807, 2.05) is 0 Å². The highest BCUT2D eigenvalue weighted by atomic mass is 32.2. The molecule has 0 spiro atoms. The molecule has 0 atom stereocenters. The minimum absolute atomic E-state index is 0.141. The molecule has 148 valence electrons. The number of carbonyl (C=O) groups excluding carboxylic acids is 1. The van der Waals surface area contributed by atoms with Gasteiger partial charge in [0.1, 0.15) is 10.6 Å². The molecule has 0 bridgehead atoms. The van der Waals surface area contributed by atoms with Gasteiger partial charge in [-0.05, 0) is 49.5 Å². The van der Waals surface area contributed by atoms with Crippen molar-refractivity contribution in [2.24, 2.45) is 0 Å². The number of piperidine rings is 1. The third-order valence-electron chi connectivity index (χ3n) is 5.25. The Bertz CT molecular complexity index is 792. The van der Waals surface area contributed by atoms with Gasteiger partial charge < -0.3 is 10.1 Å². The van der Waals surface area contributed by atoms with Crippen molar-refractivity contribution in [1.29, 1.82) is 0 Å². The molecule has 1 N–H and O–H groups in total. The van der Waals surface area contributed by atoms with E-state index in [1.165, 1.54) is 17.5 Å². The van der Waals surface area contributed by atoms with E-state index in [0.717, 1.165) is 44.9 Å². The van der Waals surface area contributed by atoms with Crippen LogP contribution < -0.4 is 10.1 Å². The quantitative estimate of drug-likeness (QED) is 0.755. The molecule has 2 fully saturated rings. The molecule has 1 heterocycles. The summed E-state index contributed by atoms with van der Waals surface area (Å²) in [7, 11) is -2.14. The van der Waals surface area contributed by atoms with Crippen LogP contribution in [0.1, 0.15) is 50.5 Å². The highest BCUT2D eigenvalue weighted by molar-refractivity contribution is 7.89. The number of hydrogen-bond donors (Lipinski definition) is 1. The van der Waals surface area contributed by atoms with Crippen molar-refractivity contribution in [2.45, 2.75) is 55.9 Å². The Morgan fingerprint density at radius 1 is 1.15 bits per heavy atom. The maximum absolute atomic E-state index is 13.0. The lowest BCUT2D eigenvalue weighted by atomic mass is 10.2. The number of sulfonamides is 1. The Labute approximate surface area is 161 Å². The van der Waals surface area contributed by atoms with Gasteiger partial charge in [0.25, 0.3) is 0 Å². The fourth-order valence-corrected chi connectivity index (χ4v) is 5.44. The molecule has 1 saturated carbocycles. The van der Waals surface area contributed by atoms with Crippen LogP contribution in [0.25, 0.3) is 6.08 Å². The number of benzene rings is 1. The van der Waals surface area contributed by atoms with Crippen LogP contribution in [0.2, 0.25) is 0 Å². The average molecular weight is 393 g/mol. The molecule has 2 aliphatic rings. The first-order valence-electron chi connectivity index (χ1n) is 9.67. The van der Waals surface area contributed by atoms with E-state index in [9.17, 15) is 13.2 Å². The Kier molecular flexibility index (Phi) is 6.55. The molecule has 6 nitrogen and oxygen atoms in total. The van der Waals surface area contributed by atoms with E-state index in [1.54, 1.807) is 24.3 Å². The average Bonchev–Trinajstić information content (AvgIpc) is 3.19. The van der Waals surface area contributed by atoms with Gasteiger partial charge in [0.15, 0.2) is 0 Å². The monoisotopic (exact) mass is 392 g/mol. The van der Waals surface area contributed by atoms with Crippen molar-refractivity contribution >= 4 is 22.0 Å². The van der Waals surface area contributed by atoms with Crippen LogP contribution >= 0.6 is 0 Å². The third-order valence-corrected chi connectivity index (χ3v) is 7.17. The summed E-state index contributed by atoms with van der Waals surface area (Å²) < 4.78 is 32.9. The van der Waals surface area contributed by atoms with Crippen LogP contribution in [0.3, 0.4) is 0 Å². The molecular weight excluding hydrogens is 364 g/mol. The van der Waals surface area contributed by atoms with E-state index >= 15 is 0 Å². The maximum atomic E-state index is 13.0. The van der Waals surface area contributed by atoms with Crippen LogP contribution in [0.15, 0.2) is 29.2 Å². The fraction of sp³-hybridized carbons (Fsp3) is 0.550. The predicted molar refractivity (Wildman–Crippen MR) is 105 cm³/mol. The zero-order valence-corrected chi connectivity index (χ0v) is 16.6. The van der Waals surface area contributed by atoms with Crippen molar-refractivity contribution in [3.05, 3.63) is 29.8 Å². The van der Waals surface area contributed by atoms with Gasteiger partial charge in [-0.25, -0.2) is 8.42 Å². The van der Waals surface area contributed by atoms with Crippen LogP contribution in [-0.2, 0) is 14.8 Å². The minimum atomic E-state index is -3.61. The standard InChI is InChI=1S/C20H28N2O4S/c1-26-18-11-9-16(10-12-20(23)21-17-7-3-4-8-17)15-19(18)27(24,25)22-13-5-2-6-14-22/h9-12,15,17H,2-8,13-14H2,1H3,(H,21,23)/b12-10+. The number of methoxy groups -OCH3 is 1. The van der Waals surface area contributed by atoms with E-state index in [-0.39, 0.29) is 16.8 Å². The second-order valence-electron chi connectivity index (χ2n) is 7.20. The van der Waals surface area contributed by atoms with Crippen LogP contribution in [0.4, 0.5) is 0 Å². The zero-order valence-electron chi connectivity index (χ0n) is 15.8. The van der Waals surface area contributed by atoms with Crippen molar-refractivity contribution in [1.82, 2.24) is 9.62 Å². The molecule has 1 amide bonds. The van der Waals surface area contributed by atoms with Gasteiger partial charge in [0.05, 0.1) is 7.11 Å². The van der Waals surface area contributed by atoms with Crippen LogP contribution in [-0.4, -0.2) is 44.9 Å². The molecule has 1 aliphatic heterocycles. The summed E-state index contributed by atoms with van der Waals surface area (Å²) in [6.45, 7) is 1.07. The van der Waals surface area contributed by atoms with E-state index in [2.05, 4.69) is 5.32 Å². The number of nitrogens with one attached hydrogen (secondary N) is 1. The van der Waals surface area contributed by atoms with Gasteiger partial charge in [0, 0.05) is 25.2 Å². The van der Waals surface area contributed by atoms with Crippen molar-refractivity contribution in [3.8, 4) is 5.75 Å². The fourth-order valence-electron chi connectivity index (χ4n) is 3.73. The summed E-state index contributed by atoms with van der Waals surface area (Å²) >= 11 is 0. The molecule has 1 aliphatic carbocycles. The SMILES string of the molecule is COc1ccc(/C=C/C(=O)NC2CCCC2)cc1S(=O)(=O)N1CCCCC1. The minimum Gasteiger partial charge on any atom is -0.495 e. The Morgan fingerprint density at radius 3 is 2.52 bits per heavy atom. The largest absolute Gasteiger partial charge is 0.495 e. The lowest BCUT2D eigenvalue weighted by Gasteiger charge is -2.26. The number of amides is 1. The summed E-state index contributed by atoms with van der Waals surface area (Å²) in [6, 6.07) is 5.24. The molecular formula is C20H28N2O4S. The summed E-state index contributed by atoms with van der Waals surface area (Å²) in [5, 5.41) is 2.99. The zero-order chi connectivity index (χ0) is 19.3. The van der Waals surface area contributed by atoms with Gasteiger partial charge in [-0.2, -0.15) is 4.31 Å². The predicted octanol–water partition coefficient (Wildman–Crippen LogP) is 2.94. The van der Waals surface area contributed by atoms with Gasteiger partial charge in [0.2, 0.25) is 15.9 Å². The normalized spacial score (nSPS) is 19.4. The molecule has 3 rings (SSSR count). The Balaban J connectivity index is 1.78. The van der Waals surface area contributed by atoms with Crippen LogP contribution in [0.5, 0.6) is 5.75 Å². The van der Waals surface area contributed by atoms with E-state index in [0.29, 0.717) is 24.4 Å². The van der Waals surface area contributed by atoms with Gasteiger partial charge in [-0.15, -0.1) is 0 Å². The van der Waals surface area contributed by atoms with Gasteiger partial charge >= 0.3 is 0 Å². The first-order valence-corrected chi connectivity index (χ1v) is 11.1. The number of nitrogens with zero attached hydrogens (tertiary/aromatic N) is 1. The highest BCUT2D eigenvalue weighted by Crippen LogP contribution is 2.30. The summed E-state index contributed by atoms with van der Waals surface area (Å²) in [4.78, 5) is 12.2. The summed E-state index contributed by atoms with van der Waals surface area (Å²) in [5.74, 6) is 0.186. The summed E-state index contributed by atoms with van der Waals surface area (Å²) in [6.07, 6.45) is 10.3. The van der Waals surface area contributed by atoms with E-state index < -0.39 is 10.0 Å². The topological polar surface area (TPSA) is 75.7 Å². The van der Waals surface area contributed by atoms with Crippen LogP contribution in [0, 0.1) is 0 Å². The lowest BCUT2D eigenvalue weighted by Crippen LogP contribution is -2.35. The number of hydrogen-bond acceptors (Lipinski definition) is 4. The van der Waals surface area contributed by atoms with E-state index in [4.69, 9.17) is 4.74 Å². The molecule has 0 unspecified atom stereocenters. The van der Waals surface area contributed by atoms with Crippen molar-refractivity contribution in [2.75, 3.05) is 20.2 Å². The van der Waals surface area contributed by atoms with Crippen molar-refractivity contribution in [3.63, 3.8) is 0 Å². The molecule has 1 aromatic carbocycles. The smallest absolute Gasteiger partial charge is 0.246 e. The Hall–Kier alpha value is -1.86. The molecule has 27 heavy (non-hydrogen) atoms. The molecule has 0 aromatic heterocycles. The van der Waals surface area contributed by atoms with Gasteiger partial charge in [-0.3, -0.25) is 4.79 Å². The maximum Gasteiger partial charge on any atom is 0.246 e. The lowest BCUT2D eigenvalue weighted by molar-refractivity contribution is -0.117. The number of carbonyl (C=O) groups is 1. The molecule has 7 heteroatoms. The second-order valence-corrected chi connectivity index (χ2v) is 9.10.